The molecule has 2 rings (SSSR count). The van der Waals surface area contributed by atoms with E-state index in [1.165, 1.54) is 0 Å². The van der Waals surface area contributed by atoms with Crippen molar-refractivity contribution in [1.29, 1.82) is 0 Å². The molecule has 0 fully saturated rings. The van der Waals surface area contributed by atoms with Crippen molar-refractivity contribution in [3.05, 3.63) is 22.2 Å². The van der Waals surface area contributed by atoms with Crippen LogP contribution < -0.4 is 9.47 Å². The molecule has 0 bridgehead atoms. The van der Waals surface area contributed by atoms with Crippen molar-refractivity contribution in [3.63, 3.8) is 0 Å². The first-order chi connectivity index (χ1) is 7.52. The fourth-order valence-corrected chi connectivity index (χ4v) is 1.87. The van der Waals surface area contributed by atoms with Gasteiger partial charge in [0.15, 0.2) is 17.8 Å². The largest absolute Gasteiger partial charge is 0.489 e. The summed E-state index contributed by atoms with van der Waals surface area (Å²) >= 11 is 3.32. The zero-order chi connectivity index (χ0) is 11.8. The molecular weight excluding hydrogens is 272 g/mol. The van der Waals surface area contributed by atoms with Gasteiger partial charge in [-0.3, -0.25) is 4.79 Å². The standard InChI is InChI=1S/C12H13BrO3/c1-12(2)6-15-10-3-8(5-14)9(13)4-11(10)16-7-12/h3-5H,6-7H2,1-2H3. The van der Waals surface area contributed by atoms with Gasteiger partial charge in [-0.25, -0.2) is 0 Å². The highest BCUT2D eigenvalue weighted by Gasteiger charge is 2.25. The number of halogens is 1. The van der Waals surface area contributed by atoms with Gasteiger partial charge in [-0.05, 0) is 28.1 Å². The van der Waals surface area contributed by atoms with Crippen molar-refractivity contribution in [1.82, 2.24) is 0 Å². The molecule has 0 spiro atoms. The van der Waals surface area contributed by atoms with E-state index in [-0.39, 0.29) is 5.41 Å². The Morgan fingerprint density at radius 1 is 1.25 bits per heavy atom. The van der Waals surface area contributed by atoms with Gasteiger partial charge in [-0.15, -0.1) is 0 Å². The number of fused-ring (bicyclic) bond motifs is 1. The smallest absolute Gasteiger partial charge is 0.162 e. The number of ether oxygens (including phenoxy) is 2. The van der Waals surface area contributed by atoms with Crippen LogP contribution in [-0.2, 0) is 0 Å². The minimum atomic E-state index is -0.0210. The number of carbonyl (C=O) groups excluding carboxylic acids is 1. The molecule has 1 aromatic rings. The highest BCUT2D eigenvalue weighted by molar-refractivity contribution is 9.10. The molecule has 1 heterocycles. The van der Waals surface area contributed by atoms with Crippen LogP contribution in [0.2, 0.25) is 0 Å². The number of aldehydes is 1. The summed E-state index contributed by atoms with van der Waals surface area (Å²) < 4.78 is 12.1. The van der Waals surface area contributed by atoms with Gasteiger partial charge in [0.25, 0.3) is 0 Å². The van der Waals surface area contributed by atoms with E-state index in [4.69, 9.17) is 9.47 Å². The molecule has 0 radical (unpaired) electrons. The van der Waals surface area contributed by atoms with Gasteiger partial charge in [0.2, 0.25) is 0 Å². The molecule has 1 aromatic carbocycles. The number of hydrogen-bond acceptors (Lipinski definition) is 3. The van der Waals surface area contributed by atoms with Gasteiger partial charge in [-0.2, -0.15) is 0 Å². The molecule has 0 saturated carbocycles. The summed E-state index contributed by atoms with van der Waals surface area (Å²) in [4.78, 5) is 10.8. The van der Waals surface area contributed by atoms with Gasteiger partial charge in [0.1, 0.15) is 0 Å². The van der Waals surface area contributed by atoms with Crippen molar-refractivity contribution >= 4 is 22.2 Å². The second-order valence-corrected chi connectivity index (χ2v) is 5.53. The van der Waals surface area contributed by atoms with Crippen molar-refractivity contribution < 1.29 is 14.3 Å². The molecule has 0 saturated heterocycles. The topological polar surface area (TPSA) is 35.5 Å². The minimum absolute atomic E-state index is 0.0210. The summed E-state index contributed by atoms with van der Waals surface area (Å²) in [6.07, 6.45) is 0.795. The zero-order valence-corrected chi connectivity index (χ0v) is 10.8. The second kappa shape index (κ2) is 4.09. The van der Waals surface area contributed by atoms with Gasteiger partial charge < -0.3 is 9.47 Å². The highest BCUT2D eigenvalue weighted by Crippen LogP contribution is 2.37. The first kappa shape index (κ1) is 11.5. The summed E-state index contributed by atoms with van der Waals surface area (Å²) in [5.41, 5.74) is 0.550. The Bertz CT molecular complexity index is 427. The first-order valence-corrected chi connectivity index (χ1v) is 5.85. The lowest BCUT2D eigenvalue weighted by Crippen LogP contribution is -2.26. The van der Waals surface area contributed by atoms with E-state index >= 15 is 0 Å². The van der Waals surface area contributed by atoms with Crippen LogP contribution >= 0.6 is 15.9 Å². The fraction of sp³-hybridized carbons (Fsp3) is 0.417. The molecule has 3 nitrogen and oxygen atoms in total. The van der Waals surface area contributed by atoms with Crippen molar-refractivity contribution in [2.24, 2.45) is 5.41 Å². The van der Waals surface area contributed by atoms with E-state index in [1.807, 2.05) is 0 Å². The Morgan fingerprint density at radius 2 is 1.81 bits per heavy atom. The van der Waals surface area contributed by atoms with Crippen molar-refractivity contribution in [2.75, 3.05) is 13.2 Å². The third-order valence-corrected chi connectivity index (χ3v) is 3.11. The van der Waals surface area contributed by atoms with Crippen LogP contribution in [0.5, 0.6) is 11.5 Å². The Balaban J connectivity index is 2.39. The van der Waals surface area contributed by atoms with E-state index in [1.54, 1.807) is 12.1 Å². The molecule has 0 unspecified atom stereocenters. The summed E-state index contributed by atoms with van der Waals surface area (Å²) in [6.45, 7) is 5.34. The van der Waals surface area contributed by atoms with Gasteiger partial charge >= 0.3 is 0 Å². The van der Waals surface area contributed by atoms with E-state index in [9.17, 15) is 4.79 Å². The molecule has 0 aliphatic carbocycles. The average molecular weight is 285 g/mol. The molecule has 86 valence electrons. The molecule has 16 heavy (non-hydrogen) atoms. The summed E-state index contributed by atoms with van der Waals surface area (Å²) in [5, 5.41) is 0. The van der Waals surface area contributed by atoms with Crippen molar-refractivity contribution in [3.8, 4) is 11.5 Å². The third-order valence-electron chi connectivity index (χ3n) is 2.43. The maximum absolute atomic E-state index is 10.8. The lowest BCUT2D eigenvalue weighted by Gasteiger charge is -2.19. The lowest BCUT2D eigenvalue weighted by atomic mass is 9.97. The molecule has 1 aliphatic rings. The number of benzene rings is 1. The lowest BCUT2D eigenvalue weighted by molar-refractivity contribution is 0.112. The maximum Gasteiger partial charge on any atom is 0.162 e. The van der Waals surface area contributed by atoms with Gasteiger partial charge in [0, 0.05) is 15.5 Å². The third kappa shape index (κ3) is 2.21. The van der Waals surface area contributed by atoms with Gasteiger partial charge in [0.05, 0.1) is 13.2 Å². The quantitative estimate of drug-likeness (QED) is 0.744. The molecule has 0 atom stereocenters. The predicted octanol–water partition coefficient (Wildman–Crippen LogP) is 3.06. The van der Waals surface area contributed by atoms with Gasteiger partial charge in [-0.1, -0.05) is 13.8 Å². The van der Waals surface area contributed by atoms with Crippen LogP contribution in [0.25, 0.3) is 0 Å². The van der Waals surface area contributed by atoms with Crippen LogP contribution in [0.15, 0.2) is 16.6 Å². The number of hydrogen-bond donors (Lipinski definition) is 0. The van der Waals surface area contributed by atoms with E-state index in [2.05, 4.69) is 29.8 Å². The molecule has 0 N–H and O–H groups in total. The normalized spacial score (nSPS) is 17.7. The van der Waals surface area contributed by atoms with Crippen LogP contribution in [0.1, 0.15) is 24.2 Å². The zero-order valence-electron chi connectivity index (χ0n) is 9.25. The Labute approximate surface area is 103 Å². The average Bonchev–Trinajstić information content (AvgIpc) is 2.38. The number of carbonyl (C=O) groups is 1. The van der Waals surface area contributed by atoms with E-state index in [0.29, 0.717) is 30.3 Å². The van der Waals surface area contributed by atoms with E-state index in [0.717, 1.165) is 10.8 Å². The van der Waals surface area contributed by atoms with Crippen LogP contribution in [-0.4, -0.2) is 19.5 Å². The second-order valence-electron chi connectivity index (χ2n) is 4.68. The Kier molecular flexibility index (Phi) is 2.93. The predicted molar refractivity (Wildman–Crippen MR) is 64.3 cm³/mol. The Hall–Kier alpha value is -1.03. The number of rotatable bonds is 1. The maximum atomic E-state index is 10.8. The van der Waals surface area contributed by atoms with Crippen LogP contribution in [0, 0.1) is 5.41 Å². The monoisotopic (exact) mass is 284 g/mol. The van der Waals surface area contributed by atoms with Crippen molar-refractivity contribution in [2.45, 2.75) is 13.8 Å². The summed E-state index contributed by atoms with van der Waals surface area (Å²) in [6, 6.07) is 3.48. The summed E-state index contributed by atoms with van der Waals surface area (Å²) in [5.74, 6) is 1.32. The fourth-order valence-electron chi connectivity index (χ4n) is 1.45. The Morgan fingerprint density at radius 3 is 2.38 bits per heavy atom. The molecular formula is C12H13BrO3. The van der Waals surface area contributed by atoms with Crippen LogP contribution in [0.4, 0.5) is 0 Å². The molecule has 4 heteroatoms. The molecule has 0 amide bonds. The SMILES string of the molecule is CC1(C)COc2cc(Br)c(C=O)cc2OC1. The van der Waals surface area contributed by atoms with Crippen LogP contribution in [0.3, 0.4) is 0 Å². The minimum Gasteiger partial charge on any atom is -0.489 e. The first-order valence-electron chi connectivity index (χ1n) is 5.06. The molecule has 0 aromatic heterocycles. The highest BCUT2D eigenvalue weighted by atomic mass is 79.9. The van der Waals surface area contributed by atoms with E-state index < -0.39 is 0 Å². The summed E-state index contributed by atoms with van der Waals surface area (Å²) in [7, 11) is 0. The molecule has 1 aliphatic heterocycles.